The Bertz CT molecular complexity index is 1040. The summed E-state index contributed by atoms with van der Waals surface area (Å²) in [4.78, 5) is 47.1. The molecule has 0 unspecified atom stereocenters. The lowest BCUT2D eigenvalue weighted by Gasteiger charge is -2.44. The maximum atomic E-state index is 14.1. The molecule has 1 aromatic heterocycles. The molecule has 7 nitrogen and oxygen atoms in total. The molecule has 0 bridgehead atoms. The van der Waals surface area contributed by atoms with E-state index in [0.29, 0.717) is 11.4 Å². The van der Waals surface area contributed by atoms with E-state index in [9.17, 15) is 14.4 Å². The Kier molecular flexibility index (Phi) is 6.80. The number of hydrogen-bond donors (Lipinski definition) is 2. The quantitative estimate of drug-likeness (QED) is 0.661. The Morgan fingerprint density at radius 2 is 1.85 bits per heavy atom. The molecular formula is C26H34N4O3S. The SMILES string of the molecule is CC(C)C[C@@H]1C(=O)N[C@H](C2Cc3ccccc3C2)C(=O)N1[C@@H](C(=O)NC(C)(C)C)c1nccs1. The minimum atomic E-state index is -0.951. The highest BCUT2D eigenvalue weighted by Crippen LogP contribution is 2.35. The van der Waals surface area contributed by atoms with Gasteiger partial charge in [0.2, 0.25) is 17.7 Å². The third kappa shape index (κ3) is 5.02. The first-order chi connectivity index (χ1) is 16.0. The van der Waals surface area contributed by atoms with Crippen molar-refractivity contribution in [3.05, 3.63) is 52.0 Å². The molecule has 3 amide bonds. The van der Waals surface area contributed by atoms with Gasteiger partial charge in [0.25, 0.3) is 0 Å². The highest BCUT2D eigenvalue weighted by molar-refractivity contribution is 7.09. The minimum Gasteiger partial charge on any atom is -0.349 e. The van der Waals surface area contributed by atoms with Gasteiger partial charge in [-0.05, 0) is 63.0 Å². The van der Waals surface area contributed by atoms with E-state index < -0.39 is 23.7 Å². The minimum absolute atomic E-state index is 0.0426. The van der Waals surface area contributed by atoms with Crippen LogP contribution in [0.2, 0.25) is 0 Å². The van der Waals surface area contributed by atoms with Gasteiger partial charge in [0.1, 0.15) is 17.1 Å². The number of thiazole rings is 1. The number of nitrogens with zero attached hydrogens (tertiary/aromatic N) is 2. The summed E-state index contributed by atoms with van der Waals surface area (Å²) in [7, 11) is 0. The lowest BCUT2D eigenvalue weighted by molar-refractivity contribution is -0.158. The van der Waals surface area contributed by atoms with Gasteiger partial charge in [0, 0.05) is 17.1 Å². The molecule has 182 valence electrons. The third-order valence-corrected chi connectivity index (χ3v) is 7.24. The van der Waals surface area contributed by atoms with Crippen molar-refractivity contribution >= 4 is 29.1 Å². The summed E-state index contributed by atoms with van der Waals surface area (Å²) in [6, 6.07) is 5.82. The van der Waals surface area contributed by atoms with Gasteiger partial charge in [-0.2, -0.15) is 0 Å². The number of piperazine rings is 1. The van der Waals surface area contributed by atoms with Crippen LogP contribution in [-0.4, -0.2) is 45.2 Å². The lowest BCUT2D eigenvalue weighted by atomic mass is 9.89. The Morgan fingerprint density at radius 1 is 1.21 bits per heavy atom. The van der Waals surface area contributed by atoms with Crippen molar-refractivity contribution in [1.82, 2.24) is 20.5 Å². The molecule has 2 N–H and O–H groups in total. The zero-order valence-corrected chi connectivity index (χ0v) is 21.3. The summed E-state index contributed by atoms with van der Waals surface area (Å²) in [5.74, 6) is -0.584. The number of fused-ring (bicyclic) bond motifs is 1. The van der Waals surface area contributed by atoms with E-state index in [-0.39, 0.29) is 29.6 Å². The number of rotatable bonds is 6. The Labute approximate surface area is 205 Å². The molecule has 34 heavy (non-hydrogen) atoms. The first-order valence-electron chi connectivity index (χ1n) is 12.0. The van der Waals surface area contributed by atoms with Crippen LogP contribution in [0.15, 0.2) is 35.8 Å². The van der Waals surface area contributed by atoms with Crippen molar-refractivity contribution in [2.24, 2.45) is 11.8 Å². The number of hydrogen-bond acceptors (Lipinski definition) is 5. The van der Waals surface area contributed by atoms with Crippen molar-refractivity contribution in [2.45, 2.75) is 77.5 Å². The van der Waals surface area contributed by atoms with E-state index in [1.165, 1.54) is 27.4 Å². The molecule has 3 atom stereocenters. The van der Waals surface area contributed by atoms with Crippen molar-refractivity contribution in [1.29, 1.82) is 0 Å². The number of carbonyl (C=O) groups is 3. The van der Waals surface area contributed by atoms with Gasteiger partial charge in [-0.1, -0.05) is 38.1 Å². The van der Waals surface area contributed by atoms with Gasteiger partial charge < -0.3 is 15.5 Å². The number of benzene rings is 1. The van der Waals surface area contributed by atoms with Crippen LogP contribution < -0.4 is 10.6 Å². The average molecular weight is 483 g/mol. The van der Waals surface area contributed by atoms with Crippen molar-refractivity contribution in [2.75, 3.05) is 0 Å². The van der Waals surface area contributed by atoms with E-state index in [4.69, 9.17) is 0 Å². The summed E-state index contributed by atoms with van der Waals surface area (Å²) >= 11 is 1.33. The van der Waals surface area contributed by atoms with Crippen molar-refractivity contribution < 1.29 is 14.4 Å². The second-order valence-electron chi connectivity index (χ2n) is 10.8. The van der Waals surface area contributed by atoms with Gasteiger partial charge in [-0.3, -0.25) is 14.4 Å². The summed E-state index contributed by atoms with van der Waals surface area (Å²) in [6.07, 6.45) is 3.56. The molecule has 8 heteroatoms. The molecule has 1 aromatic carbocycles. The molecule has 0 saturated carbocycles. The average Bonchev–Trinajstić information content (AvgIpc) is 3.41. The molecule has 1 saturated heterocycles. The maximum absolute atomic E-state index is 14.1. The molecule has 1 aliphatic carbocycles. The molecule has 1 aliphatic heterocycles. The molecule has 4 rings (SSSR count). The molecule has 0 spiro atoms. The second kappa shape index (κ2) is 9.49. The number of carbonyl (C=O) groups excluding carboxylic acids is 3. The van der Waals surface area contributed by atoms with Crippen LogP contribution in [0.5, 0.6) is 0 Å². The topological polar surface area (TPSA) is 91.4 Å². The summed E-state index contributed by atoms with van der Waals surface area (Å²) in [5, 5.41) is 8.37. The molecule has 2 heterocycles. The Balaban J connectivity index is 1.72. The Hall–Kier alpha value is -2.74. The summed E-state index contributed by atoms with van der Waals surface area (Å²) in [5.41, 5.74) is 1.94. The zero-order valence-electron chi connectivity index (χ0n) is 20.5. The Morgan fingerprint density at radius 3 is 2.38 bits per heavy atom. The van der Waals surface area contributed by atoms with Gasteiger partial charge in [-0.15, -0.1) is 11.3 Å². The molecular weight excluding hydrogens is 448 g/mol. The zero-order chi connectivity index (χ0) is 24.6. The predicted octanol–water partition coefficient (Wildman–Crippen LogP) is 3.26. The maximum Gasteiger partial charge on any atom is 0.250 e. The first kappa shape index (κ1) is 24.4. The van der Waals surface area contributed by atoms with Crippen LogP contribution in [-0.2, 0) is 27.2 Å². The highest BCUT2D eigenvalue weighted by atomic mass is 32.1. The fourth-order valence-electron chi connectivity index (χ4n) is 5.04. The molecule has 2 aromatic rings. The largest absolute Gasteiger partial charge is 0.349 e. The van der Waals surface area contributed by atoms with Crippen LogP contribution in [0, 0.1) is 11.8 Å². The van der Waals surface area contributed by atoms with E-state index >= 15 is 0 Å². The monoisotopic (exact) mass is 482 g/mol. The van der Waals surface area contributed by atoms with Gasteiger partial charge >= 0.3 is 0 Å². The van der Waals surface area contributed by atoms with Gasteiger partial charge in [0.05, 0.1) is 0 Å². The first-order valence-corrected chi connectivity index (χ1v) is 12.8. The molecule has 1 fully saturated rings. The van der Waals surface area contributed by atoms with Crippen LogP contribution in [0.1, 0.15) is 63.2 Å². The van der Waals surface area contributed by atoms with E-state index in [2.05, 4.69) is 27.8 Å². The van der Waals surface area contributed by atoms with E-state index in [0.717, 1.165) is 12.8 Å². The van der Waals surface area contributed by atoms with Gasteiger partial charge in [0.15, 0.2) is 6.04 Å². The van der Waals surface area contributed by atoms with Crippen LogP contribution in [0.25, 0.3) is 0 Å². The highest BCUT2D eigenvalue weighted by Gasteiger charge is 2.50. The fraction of sp³-hybridized carbons (Fsp3) is 0.538. The van der Waals surface area contributed by atoms with E-state index in [1.807, 2.05) is 46.8 Å². The number of nitrogens with one attached hydrogen (secondary N) is 2. The van der Waals surface area contributed by atoms with Crippen molar-refractivity contribution in [3.8, 4) is 0 Å². The lowest BCUT2D eigenvalue weighted by Crippen LogP contribution is -2.67. The number of amides is 3. The van der Waals surface area contributed by atoms with Crippen LogP contribution >= 0.6 is 11.3 Å². The predicted molar refractivity (Wildman–Crippen MR) is 132 cm³/mol. The van der Waals surface area contributed by atoms with E-state index in [1.54, 1.807) is 11.6 Å². The van der Waals surface area contributed by atoms with Crippen LogP contribution in [0.3, 0.4) is 0 Å². The summed E-state index contributed by atoms with van der Waals surface area (Å²) < 4.78 is 0. The molecule has 2 aliphatic rings. The fourth-order valence-corrected chi connectivity index (χ4v) is 5.77. The smallest absolute Gasteiger partial charge is 0.250 e. The number of aromatic nitrogens is 1. The third-order valence-electron chi connectivity index (χ3n) is 6.42. The van der Waals surface area contributed by atoms with Gasteiger partial charge in [-0.25, -0.2) is 4.98 Å². The summed E-state index contributed by atoms with van der Waals surface area (Å²) in [6.45, 7) is 9.74. The normalized spacial score (nSPS) is 22.0. The standard InChI is InChI=1S/C26H34N4O3S/c1-15(2)12-19-22(31)28-20(18-13-16-8-6-7-9-17(16)14-18)25(33)30(19)21(24-27-10-11-34-24)23(32)29-26(3,4)5/h6-11,15,18-21H,12-14H2,1-5H3,(H,28,31)(H,29,32)/t19-,20-,21+/m1/s1. The molecule has 0 radical (unpaired) electrons. The van der Waals surface area contributed by atoms with Crippen molar-refractivity contribution in [3.63, 3.8) is 0 Å². The second-order valence-corrected chi connectivity index (χ2v) is 11.8. The van der Waals surface area contributed by atoms with Crippen LogP contribution in [0.4, 0.5) is 0 Å².